The molecule has 2 rings (SSSR count). The number of phenolic OH excluding ortho intramolecular Hbond substituents is 1. The van der Waals surface area contributed by atoms with E-state index in [0.29, 0.717) is 11.3 Å². The highest BCUT2D eigenvalue weighted by atomic mass is 16.4. The first kappa shape index (κ1) is 17.1. The molecule has 0 amide bonds. The second-order valence-electron chi connectivity index (χ2n) is 7.83. The molecule has 0 spiro atoms. The molecule has 1 aromatic carbocycles. The molecule has 5 heteroatoms. The van der Waals surface area contributed by atoms with E-state index in [-0.39, 0.29) is 22.3 Å². The smallest absolute Gasteiger partial charge is 0.353 e. The highest BCUT2D eigenvalue weighted by Crippen LogP contribution is 2.39. The first-order valence-corrected chi connectivity index (χ1v) is 7.62. The number of phenols is 1. The minimum Gasteiger partial charge on any atom is -0.507 e. The van der Waals surface area contributed by atoms with Crippen molar-refractivity contribution in [2.75, 3.05) is 0 Å². The molecule has 0 aliphatic heterocycles. The summed E-state index contributed by atoms with van der Waals surface area (Å²) < 4.78 is 0. The number of aromatic hydroxyl groups is 1. The summed E-state index contributed by atoms with van der Waals surface area (Å²) in [4.78, 5) is 11.0. The maximum atomic E-state index is 11.0. The number of H-pyrrole nitrogens is 1. The van der Waals surface area contributed by atoms with E-state index in [9.17, 15) is 9.90 Å². The fraction of sp³-hybridized carbons (Fsp3) is 0.444. The van der Waals surface area contributed by atoms with Crippen LogP contribution in [0.25, 0.3) is 11.3 Å². The lowest BCUT2D eigenvalue weighted by Crippen LogP contribution is -2.24. The van der Waals surface area contributed by atoms with E-state index in [0.717, 1.165) is 12.0 Å². The fourth-order valence-electron chi connectivity index (χ4n) is 3.16. The van der Waals surface area contributed by atoms with Crippen molar-refractivity contribution in [1.82, 2.24) is 10.2 Å². The topological polar surface area (TPSA) is 86.2 Å². The average molecular weight is 316 g/mol. The summed E-state index contributed by atoms with van der Waals surface area (Å²) in [6, 6.07) is 6.88. The predicted molar refractivity (Wildman–Crippen MR) is 89.7 cm³/mol. The molecule has 0 atom stereocenters. The van der Waals surface area contributed by atoms with E-state index in [2.05, 4.69) is 44.8 Å². The highest BCUT2D eigenvalue weighted by molar-refractivity contribution is 5.87. The summed E-state index contributed by atoms with van der Waals surface area (Å²) in [5.41, 5.74) is 2.14. The lowest BCUT2D eigenvalue weighted by atomic mass is 9.72. The van der Waals surface area contributed by atoms with Crippen LogP contribution in [0, 0.1) is 5.41 Å². The molecule has 0 aliphatic rings. The molecule has 2 aromatic rings. The number of carboxylic acid groups (broad SMARTS) is 1. The number of carbonyl (C=O) groups is 1. The molecule has 1 aromatic heterocycles. The van der Waals surface area contributed by atoms with Gasteiger partial charge in [-0.1, -0.05) is 40.7 Å². The lowest BCUT2D eigenvalue weighted by Gasteiger charge is -2.33. The number of hydrogen-bond acceptors (Lipinski definition) is 3. The van der Waals surface area contributed by atoms with Crippen LogP contribution in [0.2, 0.25) is 0 Å². The Bertz CT molecular complexity index is 724. The van der Waals surface area contributed by atoms with E-state index in [1.54, 1.807) is 6.07 Å². The SMILES string of the molecule is CC(C)(C)CC(C)(C)c1ccc(O)c(-c2cc(C(=O)O)[nH]n2)c1. The van der Waals surface area contributed by atoms with Crippen molar-refractivity contribution in [3.63, 3.8) is 0 Å². The number of carboxylic acids is 1. The Balaban J connectivity index is 2.44. The maximum Gasteiger partial charge on any atom is 0.353 e. The minimum absolute atomic E-state index is 0.00115. The van der Waals surface area contributed by atoms with Gasteiger partial charge in [0.15, 0.2) is 0 Å². The Kier molecular flexibility index (Phi) is 4.24. The molecule has 0 fully saturated rings. The van der Waals surface area contributed by atoms with E-state index in [1.165, 1.54) is 6.07 Å². The van der Waals surface area contributed by atoms with Gasteiger partial charge in [0.05, 0.1) is 5.69 Å². The maximum absolute atomic E-state index is 11.0. The second-order valence-corrected chi connectivity index (χ2v) is 7.83. The Morgan fingerprint density at radius 3 is 2.35 bits per heavy atom. The fourth-order valence-corrected chi connectivity index (χ4v) is 3.16. The number of nitrogens with zero attached hydrogens (tertiary/aromatic N) is 1. The summed E-state index contributed by atoms with van der Waals surface area (Å²) in [5.74, 6) is -0.990. The molecule has 0 bridgehead atoms. The standard InChI is InChI=1S/C18H24N2O3/c1-17(2,3)10-18(4,5)11-6-7-15(21)12(8-11)13-9-14(16(22)23)20-19-13/h6-9,21H,10H2,1-5H3,(H,19,20)(H,22,23). The van der Waals surface area contributed by atoms with Crippen molar-refractivity contribution in [1.29, 1.82) is 0 Å². The molecule has 124 valence electrons. The molecule has 1 heterocycles. The number of aromatic carboxylic acids is 1. The zero-order valence-corrected chi connectivity index (χ0v) is 14.3. The van der Waals surface area contributed by atoms with Crippen molar-refractivity contribution < 1.29 is 15.0 Å². The molecule has 0 aliphatic carbocycles. The van der Waals surface area contributed by atoms with Gasteiger partial charge in [-0.2, -0.15) is 5.10 Å². The number of aromatic nitrogens is 2. The van der Waals surface area contributed by atoms with Gasteiger partial charge in [0.25, 0.3) is 0 Å². The summed E-state index contributed by atoms with van der Waals surface area (Å²) in [5, 5.41) is 25.6. The normalized spacial score (nSPS) is 12.4. The minimum atomic E-state index is -1.08. The Morgan fingerprint density at radius 1 is 1.17 bits per heavy atom. The van der Waals surface area contributed by atoms with Crippen LogP contribution in [-0.2, 0) is 5.41 Å². The predicted octanol–water partition coefficient (Wildman–Crippen LogP) is 4.19. The Labute approximate surface area is 136 Å². The van der Waals surface area contributed by atoms with Crippen molar-refractivity contribution in [2.45, 2.75) is 46.5 Å². The van der Waals surface area contributed by atoms with Crippen LogP contribution in [-0.4, -0.2) is 26.4 Å². The van der Waals surface area contributed by atoms with Crippen molar-refractivity contribution in [3.8, 4) is 17.0 Å². The van der Waals surface area contributed by atoms with Crippen LogP contribution in [0.1, 0.15) is 57.1 Å². The van der Waals surface area contributed by atoms with Gasteiger partial charge in [0, 0.05) is 5.56 Å². The zero-order chi connectivity index (χ0) is 17.4. The molecule has 5 nitrogen and oxygen atoms in total. The van der Waals surface area contributed by atoms with Crippen molar-refractivity contribution >= 4 is 5.97 Å². The molecule has 0 saturated carbocycles. The summed E-state index contributed by atoms with van der Waals surface area (Å²) in [6.07, 6.45) is 0.977. The third-order valence-corrected chi connectivity index (χ3v) is 3.83. The number of nitrogens with one attached hydrogen (secondary N) is 1. The second kappa shape index (κ2) is 5.72. The zero-order valence-electron chi connectivity index (χ0n) is 14.3. The van der Waals surface area contributed by atoms with Gasteiger partial charge in [0.1, 0.15) is 11.4 Å². The molecule has 3 N–H and O–H groups in total. The van der Waals surface area contributed by atoms with Gasteiger partial charge < -0.3 is 10.2 Å². The van der Waals surface area contributed by atoms with Crippen LogP contribution in [0.5, 0.6) is 5.75 Å². The first-order chi connectivity index (χ1) is 10.5. The molecule has 0 radical (unpaired) electrons. The summed E-state index contributed by atoms with van der Waals surface area (Å²) in [7, 11) is 0. The van der Waals surface area contributed by atoms with Crippen molar-refractivity contribution in [3.05, 3.63) is 35.5 Å². The van der Waals surface area contributed by atoms with Gasteiger partial charge in [-0.15, -0.1) is 0 Å². The van der Waals surface area contributed by atoms with Gasteiger partial charge in [-0.25, -0.2) is 4.79 Å². The number of aromatic amines is 1. The van der Waals surface area contributed by atoms with Crippen LogP contribution < -0.4 is 0 Å². The molecule has 0 unspecified atom stereocenters. The van der Waals surface area contributed by atoms with Crippen LogP contribution in [0.3, 0.4) is 0 Å². The van der Waals surface area contributed by atoms with E-state index < -0.39 is 5.97 Å². The van der Waals surface area contributed by atoms with Gasteiger partial charge >= 0.3 is 5.97 Å². The quantitative estimate of drug-likeness (QED) is 0.789. The van der Waals surface area contributed by atoms with E-state index >= 15 is 0 Å². The molecular weight excluding hydrogens is 292 g/mol. The summed E-state index contributed by atoms with van der Waals surface area (Å²) >= 11 is 0. The van der Waals surface area contributed by atoms with Crippen LogP contribution in [0.15, 0.2) is 24.3 Å². The largest absolute Gasteiger partial charge is 0.507 e. The lowest BCUT2D eigenvalue weighted by molar-refractivity contribution is 0.0690. The molecule has 0 saturated heterocycles. The van der Waals surface area contributed by atoms with E-state index in [4.69, 9.17) is 5.11 Å². The van der Waals surface area contributed by atoms with E-state index in [1.807, 2.05) is 12.1 Å². The monoisotopic (exact) mass is 316 g/mol. The average Bonchev–Trinajstić information content (AvgIpc) is 2.85. The highest BCUT2D eigenvalue weighted by Gasteiger charge is 2.28. The van der Waals surface area contributed by atoms with Crippen LogP contribution in [0.4, 0.5) is 0 Å². The Morgan fingerprint density at radius 2 is 1.83 bits per heavy atom. The summed E-state index contributed by atoms with van der Waals surface area (Å²) in [6.45, 7) is 10.9. The van der Waals surface area contributed by atoms with Gasteiger partial charge in [0.2, 0.25) is 0 Å². The first-order valence-electron chi connectivity index (χ1n) is 7.62. The molecular formula is C18H24N2O3. The third kappa shape index (κ3) is 3.92. The van der Waals surface area contributed by atoms with Crippen LogP contribution >= 0.6 is 0 Å². The molecule has 23 heavy (non-hydrogen) atoms. The number of benzene rings is 1. The van der Waals surface area contributed by atoms with Crippen molar-refractivity contribution in [2.24, 2.45) is 5.41 Å². The van der Waals surface area contributed by atoms with Gasteiger partial charge in [-0.3, -0.25) is 5.10 Å². The Hall–Kier alpha value is -2.30. The third-order valence-electron chi connectivity index (χ3n) is 3.83. The van der Waals surface area contributed by atoms with Gasteiger partial charge in [-0.05, 0) is 41.0 Å². The number of rotatable bonds is 4. The number of hydrogen-bond donors (Lipinski definition) is 3.